The van der Waals surface area contributed by atoms with Crippen LogP contribution in [0.25, 0.3) is 21.5 Å². The lowest BCUT2D eigenvalue weighted by atomic mass is 9.99. The van der Waals surface area contributed by atoms with Crippen LogP contribution in [0.15, 0.2) is 48.5 Å². The van der Waals surface area contributed by atoms with E-state index in [9.17, 15) is 4.57 Å². The predicted octanol–water partition coefficient (Wildman–Crippen LogP) is 5.13. The molecule has 0 radical (unpaired) electrons. The first-order valence-electron chi connectivity index (χ1n) is 9.16. The molecular weight excluding hydrogens is 363 g/mol. The lowest BCUT2D eigenvalue weighted by Crippen LogP contribution is -2.01. The van der Waals surface area contributed by atoms with Crippen LogP contribution in [-0.2, 0) is 19.8 Å². The summed E-state index contributed by atoms with van der Waals surface area (Å²) in [4.78, 5) is 0. The second-order valence-electron chi connectivity index (χ2n) is 6.14. The molecule has 27 heavy (non-hydrogen) atoms. The molecule has 0 saturated carbocycles. The Bertz CT molecular complexity index is 959. The number of benzene rings is 3. The number of rotatable bonds is 9. The van der Waals surface area contributed by atoms with E-state index in [0.717, 1.165) is 32.9 Å². The van der Waals surface area contributed by atoms with Crippen LogP contribution in [0.3, 0.4) is 0 Å². The van der Waals surface area contributed by atoms with Gasteiger partial charge in [0.2, 0.25) is 0 Å². The average Bonchev–Trinajstić information content (AvgIpc) is 2.66. The summed E-state index contributed by atoms with van der Waals surface area (Å²) in [5, 5.41) is 13.2. The largest absolute Gasteiger partial charge is 0.491 e. The third-order valence-electron chi connectivity index (χ3n) is 4.31. The van der Waals surface area contributed by atoms with Crippen LogP contribution < -0.4 is 4.74 Å². The van der Waals surface area contributed by atoms with Crippen molar-refractivity contribution < 1.29 is 23.5 Å². The summed E-state index contributed by atoms with van der Waals surface area (Å²) < 4.78 is 29.4. The van der Waals surface area contributed by atoms with Gasteiger partial charge in [0, 0.05) is 0 Å². The maximum atomic E-state index is 13.0. The molecule has 0 aliphatic heterocycles. The molecule has 6 heteroatoms. The van der Waals surface area contributed by atoms with Crippen LogP contribution >= 0.6 is 7.60 Å². The molecule has 5 nitrogen and oxygen atoms in total. The van der Waals surface area contributed by atoms with E-state index in [1.807, 2.05) is 56.3 Å². The highest BCUT2D eigenvalue weighted by Gasteiger charge is 2.25. The zero-order valence-corrected chi connectivity index (χ0v) is 16.6. The van der Waals surface area contributed by atoms with E-state index in [1.165, 1.54) is 0 Å². The van der Waals surface area contributed by atoms with Crippen molar-refractivity contribution in [2.24, 2.45) is 0 Å². The molecule has 0 aliphatic rings. The Hall–Kier alpha value is -1.91. The highest BCUT2D eigenvalue weighted by Crippen LogP contribution is 2.52. The number of hydrogen-bond acceptors (Lipinski definition) is 5. The summed E-state index contributed by atoms with van der Waals surface area (Å²) in [6.07, 6.45) is 0.245. The monoisotopic (exact) mass is 388 g/mol. The minimum Gasteiger partial charge on any atom is -0.491 e. The standard InChI is InChI=1S/C21H25O5P/c1-3-25-27(23,26-4-2)15-17-6-5-7-21-19-11-9-18(24-13-12-22)14-16(19)8-10-20(17)21/h5-11,14,22H,3-4,12-13,15H2,1-2H3. The van der Waals surface area contributed by atoms with E-state index in [0.29, 0.717) is 13.2 Å². The lowest BCUT2D eigenvalue weighted by Gasteiger charge is -2.18. The molecule has 0 spiro atoms. The Morgan fingerprint density at radius 1 is 0.926 bits per heavy atom. The van der Waals surface area contributed by atoms with Crippen LogP contribution in [0.5, 0.6) is 5.75 Å². The molecule has 0 amide bonds. The second-order valence-corrected chi connectivity index (χ2v) is 8.19. The minimum absolute atomic E-state index is 0.0150. The highest BCUT2D eigenvalue weighted by molar-refractivity contribution is 7.53. The molecule has 3 rings (SSSR count). The fraction of sp³-hybridized carbons (Fsp3) is 0.333. The van der Waals surface area contributed by atoms with Gasteiger partial charge in [-0.05, 0) is 53.1 Å². The molecule has 3 aromatic rings. The normalized spacial score (nSPS) is 12.0. The molecule has 0 fully saturated rings. The van der Waals surface area contributed by atoms with Crippen molar-refractivity contribution in [3.63, 3.8) is 0 Å². The molecule has 0 saturated heterocycles. The van der Waals surface area contributed by atoms with Gasteiger partial charge in [-0.25, -0.2) is 0 Å². The smallest absolute Gasteiger partial charge is 0.335 e. The Morgan fingerprint density at radius 2 is 1.67 bits per heavy atom. The first-order valence-corrected chi connectivity index (χ1v) is 10.9. The second kappa shape index (κ2) is 8.85. The summed E-state index contributed by atoms with van der Waals surface area (Å²) in [5.74, 6) is 0.726. The van der Waals surface area contributed by atoms with Crippen LogP contribution in [0.2, 0.25) is 0 Å². The fourth-order valence-corrected chi connectivity index (χ4v) is 5.00. The first-order chi connectivity index (χ1) is 13.1. The molecule has 0 heterocycles. The predicted molar refractivity (Wildman–Crippen MR) is 109 cm³/mol. The van der Waals surface area contributed by atoms with Gasteiger partial charge in [-0.2, -0.15) is 0 Å². The first kappa shape index (κ1) is 19.8. The van der Waals surface area contributed by atoms with Gasteiger partial charge in [-0.3, -0.25) is 4.57 Å². The zero-order valence-electron chi connectivity index (χ0n) is 15.7. The molecule has 0 aromatic heterocycles. The van der Waals surface area contributed by atoms with Gasteiger partial charge in [0.25, 0.3) is 0 Å². The Labute approximate surface area is 159 Å². The van der Waals surface area contributed by atoms with Crippen molar-refractivity contribution in [2.45, 2.75) is 20.0 Å². The van der Waals surface area contributed by atoms with E-state index in [-0.39, 0.29) is 19.4 Å². The van der Waals surface area contributed by atoms with Crippen molar-refractivity contribution in [2.75, 3.05) is 26.4 Å². The number of ether oxygens (including phenoxy) is 1. The van der Waals surface area contributed by atoms with Gasteiger partial charge in [0.1, 0.15) is 12.4 Å². The van der Waals surface area contributed by atoms with E-state index >= 15 is 0 Å². The van der Waals surface area contributed by atoms with E-state index in [4.69, 9.17) is 18.9 Å². The van der Waals surface area contributed by atoms with Crippen molar-refractivity contribution in [1.29, 1.82) is 0 Å². The summed E-state index contributed by atoms with van der Waals surface area (Å²) in [5.41, 5.74) is 0.945. The van der Waals surface area contributed by atoms with Gasteiger partial charge >= 0.3 is 7.60 Å². The van der Waals surface area contributed by atoms with Gasteiger partial charge in [0.15, 0.2) is 0 Å². The minimum atomic E-state index is -3.17. The summed E-state index contributed by atoms with van der Waals surface area (Å²) in [6, 6.07) is 15.9. The van der Waals surface area contributed by atoms with Crippen LogP contribution in [0, 0.1) is 0 Å². The molecule has 0 bridgehead atoms. The van der Waals surface area contributed by atoms with Gasteiger partial charge < -0.3 is 18.9 Å². The van der Waals surface area contributed by atoms with Crippen molar-refractivity contribution in [3.05, 3.63) is 54.1 Å². The third-order valence-corrected chi connectivity index (χ3v) is 6.35. The molecule has 144 valence electrons. The quantitative estimate of drug-likeness (QED) is 0.407. The molecular formula is C21H25O5P. The van der Waals surface area contributed by atoms with Crippen LogP contribution in [0.4, 0.5) is 0 Å². The van der Waals surface area contributed by atoms with Gasteiger partial charge in [-0.1, -0.05) is 36.4 Å². The number of fused-ring (bicyclic) bond motifs is 3. The Morgan fingerprint density at radius 3 is 2.37 bits per heavy atom. The molecule has 0 atom stereocenters. The van der Waals surface area contributed by atoms with E-state index in [1.54, 1.807) is 0 Å². The number of aliphatic hydroxyl groups is 1. The summed E-state index contributed by atoms with van der Waals surface area (Å²) >= 11 is 0. The number of hydrogen-bond donors (Lipinski definition) is 1. The van der Waals surface area contributed by atoms with Crippen molar-refractivity contribution in [3.8, 4) is 5.75 Å². The molecule has 3 aromatic carbocycles. The van der Waals surface area contributed by atoms with Crippen molar-refractivity contribution in [1.82, 2.24) is 0 Å². The Kier molecular flexibility index (Phi) is 6.51. The fourth-order valence-electron chi connectivity index (χ4n) is 3.26. The molecule has 0 unspecified atom stereocenters. The number of aliphatic hydroxyl groups excluding tert-OH is 1. The van der Waals surface area contributed by atoms with Crippen molar-refractivity contribution >= 4 is 29.1 Å². The Balaban J connectivity index is 2.03. The van der Waals surface area contributed by atoms with Gasteiger partial charge in [-0.15, -0.1) is 0 Å². The topological polar surface area (TPSA) is 65.0 Å². The molecule has 0 aliphatic carbocycles. The SMILES string of the molecule is CCOP(=O)(Cc1cccc2c1ccc1cc(OCCO)ccc12)OCC. The van der Waals surface area contributed by atoms with Crippen LogP contribution in [0.1, 0.15) is 19.4 Å². The van der Waals surface area contributed by atoms with Gasteiger partial charge in [0.05, 0.1) is 26.0 Å². The highest BCUT2D eigenvalue weighted by atomic mass is 31.2. The summed E-state index contributed by atoms with van der Waals surface area (Å²) in [6.45, 7) is 4.59. The maximum absolute atomic E-state index is 13.0. The third kappa shape index (κ3) is 4.50. The zero-order chi connectivity index (χ0) is 19.3. The maximum Gasteiger partial charge on any atom is 0.335 e. The van der Waals surface area contributed by atoms with E-state index in [2.05, 4.69) is 6.07 Å². The van der Waals surface area contributed by atoms with E-state index < -0.39 is 7.60 Å². The lowest BCUT2D eigenvalue weighted by molar-refractivity contribution is 0.201. The average molecular weight is 388 g/mol. The summed E-state index contributed by atoms with van der Waals surface area (Å²) in [7, 11) is -3.17. The van der Waals surface area contributed by atoms with Crippen LogP contribution in [-0.4, -0.2) is 31.5 Å². The molecule has 1 N–H and O–H groups in total.